The summed E-state index contributed by atoms with van der Waals surface area (Å²) < 4.78 is 11.0. The highest BCUT2D eigenvalue weighted by atomic mass is 16.7. The molecule has 0 radical (unpaired) electrons. The van der Waals surface area contributed by atoms with Gasteiger partial charge >= 0.3 is 6.03 Å². The lowest BCUT2D eigenvalue weighted by Crippen LogP contribution is -2.50. The van der Waals surface area contributed by atoms with Crippen molar-refractivity contribution in [2.24, 2.45) is 0 Å². The Balaban J connectivity index is 1.28. The zero-order valence-corrected chi connectivity index (χ0v) is 23.1. The summed E-state index contributed by atoms with van der Waals surface area (Å²) >= 11 is 0. The number of fused-ring (bicyclic) bond motifs is 1. The smallest absolute Gasteiger partial charge is 0.324 e. The maximum Gasteiger partial charge on any atom is 0.324 e. The van der Waals surface area contributed by atoms with E-state index in [1.165, 1.54) is 0 Å². The van der Waals surface area contributed by atoms with Crippen molar-refractivity contribution in [3.63, 3.8) is 0 Å². The molecule has 1 saturated heterocycles. The number of Topliss-reactive ketones (excluding diaryl/α,β-unsaturated/α-hetero) is 1. The van der Waals surface area contributed by atoms with Crippen LogP contribution in [0.2, 0.25) is 0 Å². The first-order valence-electron chi connectivity index (χ1n) is 14.0. The third kappa shape index (κ3) is 5.59. The third-order valence-corrected chi connectivity index (χ3v) is 8.03. The van der Waals surface area contributed by atoms with Crippen molar-refractivity contribution in [2.75, 3.05) is 31.4 Å². The van der Waals surface area contributed by atoms with E-state index in [0.29, 0.717) is 43.0 Å². The molecule has 214 valence electrons. The number of hydrogen-bond acceptors (Lipinski definition) is 6. The van der Waals surface area contributed by atoms with E-state index in [1.54, 1.807) is 34.1 Å². The van der Waals surface area contributed by atoms with E-state index in [1.807, 2.05) is 72.8 Å². The Hall–Kier alpha value is -4.66. The van der Waals surface area contributed by atoms with Gasteiger partial charge in [0.2, 0.25) is 6.79 Å². The lowest BCUT2D eigenvalue weighted by molar-refractivity contribution is -0.0162. The molecule has 0 aromatic heterocycles. The Bertz CT molecular complexity index is 1580. The summed E-state index contributed by atoms with van der Waals surface area (Å²) in [7, 11) is 0. The molecule has 2 aliphatic rings. The zero-order chi connectivity index (χ0) is 29.1. The highest BCUT2D eigenvalue weighted by Gasteiger charge is 2.36. The molecule has 0 aliphatic carbocycles. The first-order valence-corrected chi connectivity index (χ1v) is 14.0. The fraction of sp³-hybridized carbons (Fsp3) is 0.235. The maximum atomic E-state index is 14.1. The second-order valence-corrected chi connectivity index (χ2v) is 10.6. The molecule has 4 aromatic rings. The highest BCUT2D eigenvalue weighted by Crippen LogP contribution is 2.37. The Morgan fingerprint density at radius 2 is 1.52 bits per heavy atom. The van der Waals surface area contributed by atoms with Gasteiger partial charge in [-0.15, -0.1) is 0 Å². The van der Waals surface area contributed by atoms with Gasteiger partial charge in [-0.2, -0.15) is 0 Å². The first kappa shape index (κ1) is 27.5. The number of piperidine rings is 1. The minimum Gasteiger partial charge on any atom is -0.454 e. The number of ether oxygens (including phenoxy) is 2. The first-order chi connectivity index (χ1) is 20.4. The van der Waals surface area contributed by atoms with Gasteiger partial charge in [0, 0.05) is 24.3 Å². The minimum absolute atomic E-state index is 0.163. The number of anilines is 1. The van der Waals surface area contributed by atoms with Gasteiger partial charge in [0.15, 0.2) is 17.3 Å². The van der Waals surface area contributed by atoms with E-state index in [0.717, 1.165) is 27.9 Å². The molecule has 0 bridgehead atoms. The van der Waals surface area contributed by atoms with Crippen LogP contribution in [-0.2, 0) is 12.1 Å². The van der Waals surface area contributed by atoms with Gasteiger partial charge in [0.1, 0.15) is 6.61 Å². The number of rotatable bonds is 7. The molecule has 8 heteroatoms. The van der Waals surface area contributed by atoms with Crippen LogP contribution in [0.4, 0.5) is 10.5 Å². The lowest BCUT2D eigenvalue weighted by atomic mass is 9.84. The summed E-state index contributed by atoms with van der Waals surface area (Å²) in [4.78, 5) is 29.6. The number of hydrogen-bond donors (Lipinski definition) is 2. The van der Waals surface area contributed by atoms with Crippen LogP contribution >= 0.6 is 0 Å². The average Bonchev–Trinajstić information content (AvgIpc) is 3.52. The molecule has 2 amide bonds. The largest absolute Gasteiger partial charge is 0.454 e. The van der Waals surface area contributed by atoms with Crippen LogP contribution in [0, 0.1) is 0 Å². The molecular formula is C34H32N2O6. The molecule has 0 atom stereocenters. The van der Waals surface area contributed by atoms with Crippen LogP contribution < -0.4 is 14.4 Å². The molecule has 0 saturated carbocycles. The molecule has 4 aromatic carbocycles. The Labute approximate surface area is 244 Å². The summed E-state index contributed by atoms with van der Waals surface area (Å²) in [6, 6.07) is 29.9. The molecule has 1 fully saturated rings. The van der Waals surface area contributed by atoms with E-state index in [4.69, 9.17) is 9.47 Å². The van der Waals surface area contributed by atoms with Gasteiger partial charge in [-0.05, 0) is 59.4 Å². The fourth-order valence-electron chi connectivity index (χ4n) is 5.54. The monoisotopic (exact) mass is 564 g/mol. The van der Waals surface area contributed by atoms with Crippen LogP contribution in [0.15, 0.2) is 97.1 Å². The Kier molecular flexibility index (Phi) is 7.65. The summed E-state index contributed by atoms with van der Waals surface area (Å²) in [5.74, 6) is 1.03. The van der Waals surface area contributed by atoms with Crippen LogP contribution in [0.5, 0.6) is 11.5 Å². The van der Waals surface area contributed by atoms with Crippen molar-refractivity contribution in [1.82, 2.24) is 4.90 Å². The molecular weight excluding hydrogens is 532 g/mol. The molecule has 2 heterocycles. The number of benzene rings is 4. The number of urea groups is 1. The molecule has 2 N–H and O–H groups in total. The number of aliphatic hydroxyl groups is 2. The quantitative estimate of drug-likeness (QED) is 0.293. The predicted octanol–water partition coefficient (Wildman–Crippen LogP) is 5.37. The van der Waals surface area contributed by atoms with Crippen LogP contribution in [0.25, 0.3) is 11.1 Å². The third-order valence-electron chi connectivity index (χ3n) is 8.03. The minimum atomic E-state index is -0.975. The van der Waals surface area contributed by atoms with Crippen LogP contribution in [0.1, 0.15) is 34.3 Å². The van der Waals surface area contributed by atoms with E-state index in [2.05, 4.69) is 0 Å². The van der Waals surface area contributed by atoms with Gasteiger partial charge < -0.3 is 24.6 Å². The maximum absolute atomic E-state index is 14.1. The zero-order valence-electron chi connectivity index (χ0n) is 23.1. The molecule has 0 unspecified atom stereocenters. The fourth-order valence-corrected chi connectivity index (χ4v) is 5.54. The van der Waals surface area contributed by atoms with Gasteiger partial charge in [-0.25, -0.2) is 4.79 Å². The van der Waals surface area contributed by atoms with Gasteiger partial charge in [-0.1, -0.05) is 72.8 Å². The van der Waals surface area contributed by atoms with Crippen molar-refractivity contribution in [2.45, 2.75) is 25.0 Å². The molecule has 2 aliphatic heterocycles. The van der Waals surface area contributed by atoms with E-state index < -0.39 is 12.2 Å². The summed E-state index contributed by atoms with van der Waals surface area (Å²) in [5.41, 5.74) is 3.72. The molecule has 0 spiro atoms. The predicted molar refractivity (Wildman–Crippen MR) is 159 cm³/mol. The lowest BCUT2D eigenvalue weighted by Gasteiger charge is -2.40. The van der Waals surface area contributed by atoms with Gasteiger partial charge in [0.05, 0.1) is 12.1 Å². The molecule has 6 rings (SSSR count). The van der Waals surface area contributed by atoms with E-state index >= 15 is 0 Å². The summed E-state index contributed by atoms with van der Waals surface area (Å²) in [6.45, 7) is 0.732. The standard InChI is InChI=1S/C34H32N2O6/c37-22-30(38)25-11-9-24(10-12-25)21-36(33(39)35-17-15-34(40,16-18-35)28-6-2-1-3-7-28)29-8-4-5-26(19-29)27-13-14-31-32(20-27)42-23-41-31/h1-14,19-20,37,40H,15-18,21-23H2. The number of likely N-dealkylation sites (tertiary alicyclic amines) is 1. The van der Waals surface area contributed by atoms with Crippen molar-refractivity contribution in [3.05, 3.63) is 114 Å². The number of carbonyl (C=O) groups excluding carboxylic acids is 2. The number of ketones is 1. The van der Waals surface area contributed by atoms with Gasteiger partial charge in [-0.3, -0.25) is 9.69 Å². The number of carbonyl (C=O) groups is 2. The normalized spacial score (nSPS) is 15.3. The average molecular weight is 565 g/mol. The number of aliphatic hydroxyl groups excluding tert-OH is 1. The Morgan fingerprint density at radius 3 is 2.26 bits per heavy atom. The number of nitrogens with zero attached hydrogens (tertiary/aromatic N) is 2. The van der Waals surface area contributed by atoms with Crippen molar-refractivity contribution >= 4 is 17.5 Å². The Morgan fingerprint density at radius 1 is 0.810 bits per heavy atom. The SMILES string of the molecule is O=C(CO)c1ccc(CN(C(=O)N2CCC(O)(c3ccccc3)CC2)c2cccc(-c3ccc4c(c3)OCO4)c2)cc1. The summed E-state index contributed by atoms with van der Waals surface area (Å²) in [5, 5.41) is 20.5. The highest BCUT2D eigenvalue weighted by molar-refractivity contribution is 5.97. The van der Waals surface area contributed by atoms with Crippen molar-refractivity contribution in [1.29, 1.82) is 0 Å². The summed E-state index contributed by atoms with van der Waals surface area (Å²) in [6.07, 6.45) is 0.873. The van der Waals surface area contributed by atoms with Crippen LogP contribution in [-0.4, -0.2) is 53.4 Å². The van der Waals surface area contributed by atoms with Crippen molar-refractivity contribution < 1.29 is 29.3 Å². The van der Waals surface area contributed by atoms with E-state index in [9.17, 15) is 19.8 Å². The molecule has 8 nitrogen and oxygen atoms in total. The second-order valence-electron chi connectivity index (χ2n) is 10.6. The van der Waals surface area contributed by atoms with Crippen LogP contribution in [0.3, 0.4) is 0 Å². The number of amides is 2. The van der Waals surface area contributed by atoms with Crippen molar-refractivity contribution in [3.8, 4) is 22.6 Å². The van der Waals surface area contributed by atoms with Gasteiger partial charge in [0.25, 0.3) is 0 Å². The molecule has 42 heavy (non-hydrogen) atoms. The second kappa shape index (κ2) is 11.7. The topological polar surface area (TPSA) is 99.5 Å². The van der Waals surface area contributed by atoms with E-state index in [-0.39, 0.29) is 25.2 Å².